The second-order valence-electron chi connectivity index (χ2n) is 8.41. The first-order chi connectivity index (χ1) is 9.73. The van der Waals surface area contributed by atoms with E-state index >= 15 is 0 Å². The first-order valence-corrected chi connectivity index (χ1v) is 9.46. The topological polar surface area (TPSA) is 12.0 Å². The Balaban J connectivity index is 1.61. The molecule has 4 fully saturated rings. The van der Waals surface area contributed by atoms with Crippen molar-refractivity contribution in [3.8, 4) is 0 Å². The van der Waals surface area contributed by atoms with Crippen molar-refractivity contribution in [1.82, 2.24) is 5.32 Å². The Bertz CT molecular complexity index is 266. The molecule has 0 saturated heterocycles. The maximum absolute atomic E-state index is 3.88. The molecule has 4 rings (SSSR count). The Hall–Kier alpha value is -0.0400. The lowest BCUT2D eigenvalue weighted by molar-refractivity contribution is -0.0624. The van der Waals surface area contributed by atoms with Gasteiger partial charge in [0, 0.05) is 6.04 Å². The van der Waals surface area contributed by atoms with Gasteiger partial charge in [-0.25, -0.2) is 0 Å². The van der Waals surface area contributed by atoms with Crippen LogP contribution in [0.4, 0.5) is 0 Å². The van der Waals surface area contributed by atoms with Gasteiger partial charge in [0.1, 0.15) is 0 Å². The zero-order valence-corrected chi connectivity index (χ0v) is 13.8. The molecular weight excluding hydrogens is 242 g/mol. The summed E-state index contributed by atoms with van der Waals surface area (Å²) >= 11 is 0. The third-order valence-electron chi connectivity index (χ3n) is 6.43. The normalized spacial score (nSPS) is 40.2. The molecule has 4 saturated carbocycles. The van der Waals surface area contributed by atoms with E-state index in [-0.39, 0.29) is 0 Å². The molecule has 4 bridgehead atoms. The third kappa shape index (κ3) is 3.24. The summed E-state index contributed by atoms with van der Waals surface area (Å²) in [6.07, 6.45) is 16.4. The van der Waals surface area contributed by atoms with E-state index in [1.54, 1.807) is 38.5 Å². The Kier molecular flexibility index (Phi) is 4.75. The van der Waals surface area contributed by atoms with E-state index in [4.69, 9.17) is 0 Å². The van der Waals surface area contributed by atoms with Gasteiger partial charge in [0.25, 0.3) is 0 Å². The maximum Gasteiger partial charge on any atom is 0.00723 e. The van der Waals surface area contributed by atoms with Crippen molar-refractivity contribution in [2.45, 2.75) is 90.5 Å². The van der Waals surface area contributed by atoms with Gasteiger partial charge in [-0.05, 0) is 87.5 Å². The lowest BCUT2D eigenvalue weighted by atomic mass is 9.48. The van der Waals surface area contributed by atoms with Crippen molar-refractivity contribution in [2.24, 2.45) is 23.2 Å². The summed E-state index contributed by atoms with van der Waals surface area (Å²) in [6.45, 7) is 5.86. The van der Waals surface area contributed by atoms with Crippen LogP contribution in [0.5, 0.6) is 0 Å². The summed E-state index contributed by atoms with van der Waals surface area (Å²) in [5, 5.41) is 3.88. The predicted molar refractivity (Wildman–Crippen MR) is 86.8 cm³/mol. The highest BCUT2D eigenvalue weighted by Gasteiger charge is 2.51. The number of nitrogens with one attached hydrogen (secondary N) is 1. The zero-order valence-electron chi connectivity index (χ0n) is 13.8. The number of hydrogen-bond acceptors (Lipinski definition) is 1. The Morgan fingerprint density at radius 2 is 1.55 bits per heavy atom. The molecule has 1 atom stereocenters. The lowest BCUT2D eigenvalue weighted by Gasteiger charge is -2.57. The van der Waals surface area contributed by atoms with E-state index < -0.39 is 0 Å². The molecule has 0 radical (unpaired) electrons. The van der Waals surface area contributed by atoms with Crippen LogP contribution in [0.2, 0.25) is 0 Å². The van der Waals surface area contributed by atoms with Crippen LogP contribution < -0.4 is 5.32 Å². The minimum Gasteiger partial charge on any atom is -0.314 e. The Morgan fingerprint density at radius 1 is 0.950 bits per heavy atom. The number of rotatable bonds is 8. The second kappa shape index (κ2) is 6.38. The molecule has 0 aliphatic heterocycles. The molecule has 0 heterocycles. The molecule has 1 nitrogen and oxygen atoms in total. The van der Waals surface area contributed by atoms with Crippen molar-refractivity contribution in [3.63, 3.8) is 0 Å². The van der Waals surface area contributed by atoms with Crippen LogP contribution in [0.15, 0.2) is 0 Å². The van der Waals surface area contributed by atoms with Crippen molar-refractivity contribution >= 4 is 0 Å². The minimum absolute atomic E-state index is 0.758. The molecule has 20 heavy (non-hydrogen) atoms. The van der Waals surface area contributed by atoms with Crippen LogP contribution in [-0.4, -0.2) is 12.6 Å². The minimum atomic E-state index is 0.758. The molecule has 0 aromatic rings. The molecule has 4 aliphatic carbocycles. The maximum atomic E-state index is 3.88. The predicted octanol–water partition coefficient (Wildman–Crippen LogP) is 5.15. The van der Waals surface area contributed by atoms with Crippen LogP contribution in [-0.2, 0) is 0 Å². The quantitative estimate of drug-likeness (QED) is 0.647. The van der Waals surface area contributed by atoms with Gasteiger partial charge in [-0.2, -0.15) is 0 Å². The highest BCUT2D eigenvalue weighted by Crippen LogP contribution is 2.61. The fourth-order valence-electron chi connectivity index (χ4n) is 6.14. The Morgan fingerprint density at radius 3 is 2.05 bits per heavy atom. The van der Waals surface area contributed by atoms with Gasteiger partial charge in [-0.1, -0.05) is 26.7 Å². The number of unbranched alkanes of at least 4 members (excludes halogenated alkanes) is 1. The monoisotopic (exact) mass is 277 g/mol. The van der Waals surface area contributed by atoms with E-state index in [1.807, 2.05) is 0 Å². The van der Waals surface area contributed by atoms with Crippen LogP contribution in [0.1, 0.15) is 84.5 Å². The summed E-state index contributed by atoms with van der Waals surface area (Å²) < 4.78 is 0. The van der Waals surface area contributed by atoms with E-state index in [2.05, 4.69) is 19.2 Å². The van der Waals surface area contributed by atoms with Gasteiger partial charge in [-0.15, -0.1) is 0 Å². The van der Waals surface area contributed by atoms with Crippen LogP contribution in [0.3, 0.4) is 0 Å². The first kappa shape index (κ1) is 14.9. The molecule has 0 aromatic heterocycles. The van der Waals surface area contributed by atoms with Crippen LogP contribution >= 0.6 is 0 Å². The molecular formula is C19H35N. The average Bonchev–Trinajstić information content (AvgIpc) is 2.40. The second-order valence-corrected chi connectivity index (χ2v) is 8.41. The van der Waals surface area contributed by atoms with Gasteiger partial charge < -0.3 is 5.32 Å². The van der Waals surface area contributed by atoms with Gasteiger partial charge in [0.05, 0.1) is 0 Å². The highest BCUT2D eigenvalue weighted by atomic mass is 14.9. The van der Waals surface area contributed by atoms with E-state index in [9.17, 15) is 0 Å². The van der Waals surface area contributed by atoms with E-state index in [1.165, 1.54) is 38.6 Å². The third-order valence-corrected chi connectivity index (χ3v) is 6.43. The average molecular weight is 277 g/mol. The van der Waals surface area contributed by atoms with Gasteiger partial charge >= 0.3 is 0 Å². The molecule has 1 N–H and O–H groups in total. The summed E-state index contributed by atoms with van der Waals surface area (Å²) in [6, 6.07) is 0.811. The van der Waals surface area contributed by atoms with Crippen molar-refractivity contribution < 1.29 is 0 Å². The molecule has 4 aliphatic rings. The summed E-state index contributed by atoms with van der Waals surface area (Å²) in [7, 11) is 0. The van der Waals surface area contributed by atoms with Crippen LogP contribution in [0, 0.1) is 23.2 Å². The zero-order chi connectivity index (χ0) is 14.0. The van der Waals surface area contributed by atoms with Crippen molar-refractivity contribution in [2.75, 3.05) is 6.54 Å². The molecule has 1 heteroatoms. The molecule has 0 spiro atoms. The summed E-state index contributed by atoms with van der Waals surface area (Å²) in [4.78, 5) is 0. The summed E-state index contributed by atoms with van der Waals surface area (Å²) in [5.74, 6) is 3.33. The molecule has 0 amide bonds. The van der Waals surface area contributed by atoms with Crippen LogP contribution in [0.25, 0.3) is 0 Å². The fraction of sp³-hybridized carbons (Fsp3) is 1.00. The molecule has 116 valence electrons. The SMILES string of the molecule is CCCCC(CC12CC3CC(CC(C3)C1)C2)NCCC. The standard InChI is InChI=1S/C19H35N/c1-3-5-6-18(20-7-4-2)14-19-11-15-8-16(12-19)10-17(9-15)13-19/h15-18,20H,3-14H2,1-2H3. The fourth-order valence-corrected chi connectivity index (χ4v) is 6.14. The lowest BCUT2D eigenvalue weighted by Crippen LogP contribution is -2.49. The molecule has 1 unspecified atom stereocenters. The van der Waals surface area contributed by atoms with E-state index in [0.717, 1.165) is 29.2 Å². The molecule has 0 aromatic carbocycles. The van der Waals surface area contributed by atoms with Crippen molar-refractivity contribution in [1.29, 1.82) is 0 Å². The smallest absolute Gasteiger partial charge is 0.00723 e. The van der Waals surface area contributed by atoms with Gasteiger partial charge in [-0.3, -0.25) is 0 Å². The van der Waals surface area contributed by atoms with Gasteiger partial charge in [0.15, 0.2) is 0 Å². The first-order valence-electron chi connectivity index (χ1n) is 9.46. The van der Waals surface area contributed by atoms with Crippen molar-refractivity contribution in [3.05, 3.63) is 0 Å². The van der Waals surface area contributed by atoms with E-state index in [0.29, 0.717) is 0 Å². The highest BCUT2D eigenvalue weighted by molar-refractivity contribution is 5.02. The van der Waals surface area contributed by atoms with Gasteiger partial charge in [0.2, 0.25) is 0 Å². The Labute approximate surface area is 126 Å². The summed E-state index contributed by atoms with van der Waals surface area (Å²) in [5.41, 5.74) is 0.758. The number of hydrogen-bond donors (Lipinski definition) is 1. The largest absolute Gasteiger partial charge is 0.314 e.